The molecule has 6 nitrogen and oxygen atoms in total. The van der Waals surface area contributed by atoms with Crippen LogP contribution in [0.15, 0.2) is 12.3 Å². The number of allylic oxidation sites excluding steroid dienone is 1. The van der Waals surface area contributed by atoms with Gasteiger partial charge in [0, 0.05) is 32.1 Å². The van der Waals surface area contributed by atoms with Crippen LogP contribution in [0.1, 0.15) is 33.6 Å². The minimum atomic E-state index is -2.56. The van der Waals surface area contributed by atoms with Crippen molar-refractivity contribution in [2.24, 2.45) is 0 Å². The van der Waals surface area contributed by atoms with Gasteiger partial charge >= 0.3 is 8.80 Å². The van der Waals surface area contributed by atoms with Crippen molar-refractivity contribution in [2.45, 2.75) is 39.7 Å². The molecule has 0 bridgehead atoms. The van der Waals surface area contributed by atoms with Crippen LogP contribution in [0, 0.1) is 0 Å². The minimum absolute atomic E-state index is 0.570. The summed E-state index contributed by atoms with van der Waals surface area (Å²) >= 11 is 0. The first-order valence-electron chi connectivity index (χ1n) is 6.57. The van der Waals surface area contributed by atoms with Crippen LogP contribution in [0.25, 0.3) is 0 Å². The van der Waals surface area contributed by atoms with Crippen molar-refractivity contribution in [1.82, 2.24) is 4.72 Å². The summed E-state index contributed by atoms with van der Waals surface area (Å²) < 4.78 is 39.9. The van der Waals surface area contributed by atoms with Crippen molar-refractivity contribution >= 4 is 19.7 Å². The molecular formula is C11H25NO5SSi. The van der Waals surface area contributed by atoms with Gasteiger partial charge in [0.25, 0.3) is 0 Å². The topological polar surface area (TPSA) is 73.9 Å². The van der Waals surface area contributed by atoms with Crippen molar-refractivity contribution in [3.8, 4) is 0 Å². The second kappa shape index (κ2) is 11.4. The van der Waals surface area contributed by atoms with E-state index in [1.165, 1.54) is 6.20 Å². The highest BCUT2D eigenvalue weighted by Crippen LogP contribution is 2.19. The normalized spacial score (nSPS) is 12.4. The van der Waals surface area contributed by atoms with Crippen molar-refractivity contribution in [3.05, 3.63) is 12.3 Å². The van der Waals surface area contributed by atoms with E-state index in [1.54, 1.807) is 6.08 Å². The highest BCUT2D eigenvalue weighted by atomic mass is 32.2. The molecule has 0 rings (SSSR count). The fraction of sp³-hybridized carbons (Fsp3) is 0.818. The molecule has 0 saturated heterocycles. The third kappa shape index (κ3) is 9.17. The first-order valence-corrected chi connectivity index (χ1v) is 9.68. The van der Waals surface area contributed by atoms with Gasteiger partial charge in [-0.2, -0.15) is 0 Å². The Bertz CT molecular complexity index is 297. The molecule has 0 aliphatic rings. The molecule has 0 aliphatic heterocycles. The molecule has 0 aliphatic carbocycles. The van der Waals surface area contributed by atoms with E-state index >= 15 is 0 Å². The summed E-state index contributed by atoms with van der Waals surface area (Å²) in [7, 11) is -5.11. The summed E-state index contributed by atoms with van der Waals surface area (Å²) in [6, 6.07) is 0.733. The lowest BCUT2D eigenvalue weighted by Gasteiger charge is -2.28. The lowest BCUT2D eigenvalue weighted by molar-refractivity contribution is 0.0709. The Morgan fingerprint density at radius 1 is 1.05 bits per heavy atom. The van der Waals surface area contributed by atoms with Crippen molar-refractivity contribution in [3.63, 3.8) is 0 Å². The van der Waals surface area contributed by atoms with Crippen LogP contribution in [-0.2, 0) is 24.2 Å². The predicted octanol–water partition coefficient (Wildman–Crippen LogP) is 1.44. The number of hydrogen-bond acceptors (Lipinski definition) is 5. The standard InChI is InChI=1S/C11H25NO5SSi/c1-4-15-19(16-5-2,17-6-3)11-9-7-8-10-12-18(13)14/h8,10,18H,4-7,9,11H2,1-3H3,(H,12,13,14). The Morgan fingerprint density at radius 3 is 2.00 bits per heavy atom. The van der Waals surface area contributed by atoms with Crippen molar-refractivity contribution in [2.75, 3.05) is 19.8 Å². The molecule has 0 spiro atoms. The first kappa shape index (κ1) is 18.6. The number of nitrogens with one attached hydrogen (secondary N) is 1. The third-order valence-corrected chi connectivity index (χ3v) is 5.76. The molecule has 114 valence electrons. The summed E-state index contributed by atoms with van der Waals surface area (Å²) in [6.45, 7) is 7.48. The zero-order valence-electron chi connectivity index (χ0n) is 11.9. The maximum absolute atomic E-state index is 10.3. The molecule has 0 unspecified atom stereocenters. The van der Waals surface area contributed by atoms with E-state index in [0.29, 0.717) is 19.8 Å². The van der Waals surface area contributed by atoms with E-state index in [0.717, 1.165) is 18.9 Å². The van der Waals surface area contributed by atoms with E-state index in [-0.39, 0.29) is 0 Å². The van der Waals surface area contributed by atoms with E-state index in [4.69, 9.17) is 13.3 Å². The molecule has 0 heterocycles. The number of rotatable bonds is 12. The second-order valence-corrected chi connectivity index (χ2v) is 7.17. The summed E-state index contributed by atoms with van der Waals surface area (Å²) in [5.74, 6) is 0. The quantitative estimate of drug-likeness (QED) is 0.324. The van der Waals surface area contributed by atoms with E-state index in [9.17, 15) is 8.42 Å². The molecule has 19 heavy (non-hydrogen) atoms. The molecule has 0 saturated carbocycles. The average Bonchev–Trinajstić information content (AvgIpc) is 2.34. The lowest BCUT2D eigenvalue weighted by Crippen LogP contribution is -2.45. The number of unbranched alkanes of at least 4 members (excludes halogenated alkanes) is 1. The number of hydrogen-bond donors (Lipinski definition) is 2. The van der Waals surface area contributed by atoms with Gasteiger partial charge in [-0.1, -0.05) is 6.08 Å². The molecule has 0 atom stereocenters. The molecular weight excluding hydrogens is 286 g/mol. The van der Waals surface area contributed by atoms with Crippen LogP contribution in [0.5, 0.6) is 0 Å². The Kier molecular flexibility index (Phi) is 11.2. The summed E-state index contributed by atoms with van der Waals surface area (Å²) in [5, 5.41) is 0. The van der Waals surface area contributed by atoms with E-state index in [2.05, 4.69) is 4.72 Å². The Hall–Kier alpha value is -0.413. The van der Waals surface area contributed by atoms with Gasteiger partial charge in [-0.25, -0.2) is 8.42 Å². The SMILES string of the molecule is CCO[Si](CCCC=CN[SH](=O)=O)(OCC)OCC. The fourth-order valence-corrected chi connectivity index (χ4v) is 4.50. The van der Waals surface area contributed by atoms with Crippen LogP contribution in [0.3, 0.4) is 0 Å². The van der Waals surface area contributed by atoms with Crippen LogP contribution >= 0.6 is 0 Å². The molecule has 0 fully saturated rings. The Morgan fingerprint density at radius 2 is 1.58 bits per heavy atom. The highest BCUT2D eigenvalue weighted by molar-refractivity contribution is 7.70. The smallest absolute Gasteiger partial charge is 0.374 e. The molecule has 0 amide bonds. The lowest BCUT2D eigenvalue weighted by atomic mass is 10.3. The molecule has 0 aromatic heterocycles. The van der Waals surface area contributed by atoms with E-state index < -0.39 is 19.7 Å². The molecule has 8 heteroatoms. The van der Waals surface area contributed by atoms with Crippen LogP contribution in [0.4, 0.5) is 0 Å². The maximum atomic E-state index is 10.3. The molecule has 1 N–H and O–H groups in total. The van der Waals surface area contributed by atoms with Crippen LogP contribution < -0.4 is 4.72 Å². The highest BCUT2D eigenvalue weighted by Gasteiger charge is 2.39. The molecule has 0 aromatic carbocycles. The van der Waals surface area contributed by atoms with Crippen molar-refractivity contribution in [1.29, 1.82) is 0 Å². The number of thiol groups is 1. The average molecular weight is 311 g/mol. The molecule has 0 aromatic rings. The summed E-state index contributed by atoms with van der Waals surface area (Å²) in [6.07, 6.45) is 4.78. The van der Waals surface area contributed by atoms with Crippen LogP contribution in [0.2, 0.25) is 6.04 Å². The largest absolute Gasteiger partial charge is 0.500 e. The third-order valence-electron chi connectivity index (χ3n) is 2.24. The molecule has 0 radical (unpaired) electrons. The van der Waals surface area contributed by atoms with Gasteiger partial charge < -0.3 is 13.3 Å². The Labute approximate surface area is 118 Å². The summed E-state index contributed by atoms with van der Waals surface area (Å²) in [5.41, 5.74) is 0. The second-order valence-electron chi connectivity index (χ2n) is 3.66. The summed E-state index contributed by atoms with van der Waals surface area (Å²) in [4.78, 5) is 0. The van der Waals surface area contributed by atoms with Crippen molar-refractivity contribution < 1.29 is 21.7 Å². The van der Waals surface area contributed by atoms with Gasteiger partial charge in [-0.15, -0.1) is 0 Å². The van der Waals surface area contributed by atoms with Gasteiger partial charge in [-0.3, -0.25) is 4.72 Å². The Balaban J connectivity index is 4.19. The van der Waals surface area contributed by atoms with Gasteiger partial charge in [0.05, 0.1) is 0 Å². The zero-order chi connectivity index (χ0) is 14.6. The van der Waals surface area contributed by atoms with Gasteiger partial charge in [0.15, 0.2) is 0 Å². The van der Waals surface area contributed by atoms with E-state index in [1.807, 2.05) is 20.8 Å². The van der Waals surface area contributed by atoms with Gasteiger partial charge in [0.1, 0.15) is 0 Å². The van der Waals surface area contributed by atoms with Gasteiger partial charge in [-0.05, 0) is 33.6 Å². The first-order chi connectivity index (χ1) is 9.10. The monoisotopic (exact) mass is 311 g/mol. The minimum Gasteiger partial charge on any atom is -0.374 e. The maximum Gasteiger partial charge on any atom is 0.500 e. The van der Waals surface area contributed by atoms with Crippen LogP contribution in [-0.4, -0.2) is 37.0 Å². The zero-order valence-corrected chi connectivity index (χ0v) is 13.8. The fourth-order valence-electron chi connectivity index (χ4n) is 1.63. The predicted molar refractivity (Wildman–Crippen MR) is 77.3 cm³/mol. The van der Waals surface area contributed by atoms with Gasteiger partial charge in [0.2, 0.25) is 10.9 Å².